The molecule has 2 N–H and O–H groups in total. The van der Waals surface area contributed by atoms with Gasteiger partial charge in [0.2, 0.25) is 0 Å². The Balaban J connectivity index is 2.12. The predicted molar refractivity (Wildman–Crippen MR) is 78.8 cm³/mol. The minimum absolute atomic E-state index is 0.0458. The van der Waals surface area contributed by atoms with Crippen LogP contribution in [0.2, 0.25) is 0 Å². The third-order valence-electron chi connectivity index (χ3n) is 4.37. The molecular weight excluding hydrogens is 270 g/mol. The van der Waals surface area contributed by atoms with Gasteiger partial charge in [-0.2, -0.15) is 0 Å². The fraction of sp³-hybridized carbons (Fsp3) is 0.500. The molecular formula is C16H21NO4. The number of nitrogens with one attached hydrogen (secondary N) is 1. The van der Waals surface area contributed by atoms with Gasteiger partial charge in [-0.1, -0.05) is 13.8 Å². The van der Waals surface area contributed by atoms with Crippen LogP contribution in [0.25, 0.3) is 0 Å². The van der Waals surface area contributed by atoms with Crippen LogP contribution in [0.15, 0.2) is 18.2 Å². The highest BCUT2D eigenvalue weighted by atomic mass is 16.5. The Labute approximate surface area is 124 Å². The van der Waals surface area contributed by atoms with Crippen LogP contribution in [0.5, 0.6) is 5.75 Å². The van der Waals surface area contributed by atoms with E-state index in [1.807, 2.05) is 0 Å². The number of amides is 1. The summed E-state index contributed by atoms with van der Waals surface area (Å²) in [5.41, 5.74) is 0.570. The van der Waals surface area contributed by atoms with Crippen molar-refractivity contribution >= 4 is 11.9 Å². The van der Waals surface area contributed by atoms with Crippen molar-refractivity contribution in [1.82, 2.24) is 5.32 Å². The lowest BCUT2D eigenvalue weighted by Crippen LogP contribution is -2.32. The predicted octanol–water partition coefficient (Wildman–Crippen LogP) is 2.56. The van der Waals surface area contributed by atoms with E-state index in [2.05, 4.69) is 19.2 Å². The second-order valence-electron chi connectivity index (χ2n) is 5.96. The normalized spacial score (nSPS) is 15.6. The lowest BCUT2D eigenvalue weighted by molar-refractivity contribution is 0.0696. The smallest absolute Gasteiger partial charge is 0.335 e. The number of carbonyl (C=O) groups is 2. The number of hydrogen-bond donors (Lipinski definition) is 2. The van der Waals surface area contributed by atoms with E-state index in [-0.39, 0.29) is 16.9 Å². The van der Waals surface area contributed by atoms with Gasteiger partial charge in [0.15, 0.2) is 0 Å². The van der Waals surface area contributed by atoms with Gasteiger partial charge in [-0.3, -0.25) is 4.79 Å². The molecule has 0 radical (unpaired) electrons. The number of ether oxygens (including phenoxy) is 1. The minimum atomic E-state index is -1.08. The zero-order chi connectivity index (χ0) is 15.6. The summed E-state index contributed by atoms with van der Waals surface area (Å²) < 4.78 is 5.05. The van der Waals surface area contributed by atoms with Crippen molar-refractivity contribution in [3.8, 4) is 5.75 Å². The highest BCUT2D eigenvalue weighted by Gasteiger charge is 2.45. The first-order valence-corrected chi connectivity index (χ1v) is 7.08. The third-order valence-corrected chi connectivity index (χ3v) is 4.37. The van der Waals surface area contributed by atoms with Crippen molar-refractivity contribution in [2.75, 3.05) is 13.7 Å². The topological polar surface area (TPSA) is 75.6 Å². The number of rotatable bonds is 6. The van der Waals surface area contributed by atoms with Crippen LogP contribution >= 0.6 is 0 Å². The van der Waals surface area contributed by atoms with Gasteiger partial charge < -0.3 is 15.2 Å². The second-order valence-corrected chi connectivity index (χ2v) is 5.96. The Hall–Kier alpha value is -2.04. The lowest BCUT2D eigenvalue weighted by atomic mass is 9.92. The fourth-order valence-corrected chi connectivity index (χ4v) is 2.45. The van der Waals surface area contributed by atoms with Gasteiger partial charge in [-0.25, -0.2) is 4.79 Å². The SMILES string of the molecule is COc1cc(C(=O)O)cc(C(=O)NCC2(C(C)C)CC2)c1. The molecule has 114 valence electrons. The Bertz CT molecular complexity index is 561. The first-order chi connectivity index (χ1) is 9.88. The van der Waals surface area contributed by atoms with E-state index < -0.39 is 5.97 Å². The van der Waals surface area contributed by atoms with Crippen molar-refractivity contribution < 1.29 is 19.4 Å². The van der Waals surface area contributed by atoms with Gasteiger partial charge in [0, 0.05) is 12.1 Å². The summed E-state index contributed by atoms with van der Waals surface area (Å²) in [6, 6.07) is 4.32. The Morgan fingerprint density at radius 3 is 2.38 bits per heavy atom. The number of carboxylic acids is 1. The molecule has 1 amide bonds. The monoisotopic (exact) mass is 291 g/mol. The molecule has 0 bridgehead atoms. The molecule has 2 rings (SSSR count). The van der Waals surface area contributed by atoms with Gasteiger partial charge in [-0.05, 0) is 42.4 Å². The molecule has 5 nitrogen and oxygen atoms in total. The van der Waals surface area contributed by atoms with Gasteiger partial charge >= 0.3 is 5.97 Å². The summed E-state index contributed by atoms with van der Waals surface area (Å²) in [5, 5.41) is 12.0. The third kappa shape index (κ3) is 3.35. The highest BCUT2D eigenvalue weighted by Crippen LogP contribution is 2.51. The zero-order valence-corrected chi connectivity index (χ0v) is 12.6. The maximum atomic E-state index is 12.2. The number of carbonyl (C=O) groups excluding carboxylic acids is 1. The minimum Gasteiger partial charge on any atom is -0.497 e. The van der Waals surface area contributed by atoms with E-state index >= 15 is 0 Å². The van der Waals surface area contributed by atoms with Crippen LogP contribution < -0.4 is 10.1 Å². The van der Waals surface area contributed by atoms with Crippen LogP contribution in [0, 0.1) is 11.3 Å². The summed E-state index contributed by atoms with van der Waals surface area (Å²) in [6.07, 6.45) is 2.26. The quantitative estimate of drug-likeness (QED) is 0.844. The maximum absolute atomic E-state index is 12.2. The first-order valence-electron chi connectivity index (χ1n) is 7.08. The summed E-state index contributed by atoms with van der Waals surface area (Å²) in [6.45, 7) is 4.95. The van der Waals surface area contributed by atoms with Crippen LogP contribution in [0.3, 0.4) is 0 Å². The van der Waals surface area contributed by atoms with E-state index in [1.165, 1.54) is 19.2 Å². The van der Waals surface area contributed by atoms with E-state index in [0.717, 1.165) is 12.8 Å². The Kier molecular flexibility index (Phi) is 4.21. The second kappa shape index (κ2) is 5.76. The van der Waals surface area contributed by atoms with Gasteiger partial charge in [0.05, 0.1) is 12.7 Å². The van der Waals surface area contributed by atoms with Gasteiger partial charge in [0.25, 0.3) is 5.91 Å². The molecule has 0 aromatic heterocycles. The molecule has 0 spiro atoms. The number of methoxy groups -OCH3 is 1. The molecule has 0 unspecified atom stereocenters. The summed E-state index contributed by atoms with van der Waals surface area (Å²) >= 11 is 0. The van der Waals surface area contributed by atoms with E-state index in [0.29, 0.717) is 23.8 Å². The molecule has 0 atom stereocenters. The van der Waals surface area contributed by atoms with E-state index in [1.54, 1.807) is 6.07 Å². The largest absolute Gasteiger partial charge is 0.497 e. The maximum Gasteiger partial charge on any atom is 0.335 e. The van der Waals surface area contributed by atoms with E-state index in [9.17, 15) is 9.59 Å². The van der Waals surface area contributed by atoms with Crippen LogP contribution in [0.1, 0.15) is 47.4 Å². The van der Waals surface area contributed by atoms with Crippen LogP contribution in [-0.2, 0) is 0 Å². The van der Waals surface area contributed by atoms with Gasteiger partial charge in [-0.15, -0.1) is 0 Å². The van der Waals surface area contributed by atoms with E-state index in [4.69, 9.17) is 9.84 Å². The Morgan fingerprint density at radius 1 is 1.29 bits per heavy atom. The fourth-order valence-electron chi connectivity index (χ4n) is 2.45. The molecule has 21 heavy (non-hydrogen) atoms. The number of benzene rings is 1. The number of carboxylic acid groups (broad SMARTS) is 1. The Morgan fingerprint density at radius 2 is 1.90 bits per heavy atom. The average Bonchev–Trinajstić information content (AvgIpc) is 3.25. The van der Waals surface area contributed by atoms with Crippen molar-refractivity contribution in [2.45, 2.75) is 26.7 Å². The highest BCUT2D eigenvalue weighted by molar-refractivity contribution is 5.98. The summed E-state index contributed by atoms with van der Waals surface area (Å²) in [5.74, 6) is -0.449. The zero-order valence-electron chi connectivity index (χ0n) is 12.6. The molecule has 5 heteroatoms. The van der Waals surface area contributed by atoms with Crippen LogP contribution in [-0.4, -0.2) is 30.6 Å². The molecule has 1 aliphatic carbocycles. The molecule has 0 heterocycles. The van der Waals surface area contributed by atoms with Crippen LogP contribution in [0.4, 0.5) is 0 Å². The summed E-state index contributed by atoms with van der Waals surface area (Å²) in [7, 11) is 1.45. The molecule has 1 aliphatic rings. The average molecular weight is 291 g/mol. The molecule has 1 fully saturated rings. The van der Waals surface area contributed by atoms with Crippen molar-refractivity contribution in [1.29, 1.82) is 0 Å². The summed E-state index contributed by atoms with van der Waals surface area (Å²) in [4.78, 5) is 23.3. The van der Waals surface area contributed by atoms with Crippen molar-refractivity contribution in [3.05, 3.63) is 29.3 Å². The molecule has 1 aromatic rings. The van der Waals surface area contributed by atoms with Crippen molar-refractivity contribution in [3.63, 3.8) is 0 Å². The molecule has 1 aromatic carbocycles. The molecule has 0 saturated heterocycles. The lowest BCUT2D eigenvalue weighted by Gasteiger charge is -2.20. The molecule has 1 saturated carbocycles. The molecule has 0 aliphatic heterocycles. The first kappa shape index (κ1) is 15.4. The van der Waals surface area contributed by atoms with Crippen molar-refractivity contribution in [2.24, 2.45) is 11.3 Å². The van der Waals surface area contributed by atoms with Gasteiger partial charge in [0.1, 0.15) is 5.75 Å². The standard InChI is InChI=1S/C16H21NO4/c1-10(2)16(4-5-16)9-17-14(18)11-6-12(15(19)20)8-13(7-11)21-3/h6-8,10H,4-5,9H2,1-3H3,(H,17,18)(H,19,20). The number of hydrogen-bond acceptors (Lipinski definition) is 3. The number of aromatic carboxylic acids is 1.